The number of allylic oxidation sites excluding steroid dienone is 1. The normalized spacial score (nSPS) is 13.0. The van der Waals surface area contributed by atoms with Crippen molar-refractivity contribution < 1.29 is 4.39 Å². The third-order valence-corrected chi connectivity index (χ3v) is 7.54. The number of nitrogens with zero attached hydrogens (tertiary/aromatic N) is 2. The van der Waals surface area contributed by atoms with Crippen molar-refractivity contribution in [3.05, 3.63) is 98.2 Å². The molecular formula is C25H22Cl5FN2S. The number of halogens is 6. The number of anilines is 1. The molecule has 1 aliphatic heterocycles. The molecule has 1 aliphatic rings. The molecule has 0 saturated carbocycles. The average Bonchev–Trinajstić information content (AvgIpc) is 2.92. The molecule has 180 valence electrons. The van der Waals surface area contributed by atoms with E-state index < -0.39 is 0 Å². The van der Waals surface area contributed by atoms with Crippen LogP contribution in [0.4, 0.5) is 10.1 Å². The molecule has 0 unspecified atom stereocenters. The molecule has 34 heavy (non-hydrogen) atoms. The first-order valence-corrected chi connectivity index (χ1v) is 12.1. The van der Waals surface area contributed by atoms with Gasteiger partial charge in [0.25, 0.3) is 0 Å². The largest absolute Gasteiger partial charge is 0.372 e. The second kappa shape index (κ2) is 13.1. The van der Waals surface area contributed by atoms with Gasteiger partial charge in [-0.2, -0.15) is 0 Å². The van der Waals surface area contributed by atoms with Crippen molar-refractivity contribution in [2.24, 2.45) is 4.99 Å². The van der Waals surface area contributed by atoms with Crippen LogP contribution in [0.1, 0.15) is 16.7 Å². The van der Waals surface area contributed by atoms with Gasteiger partial charge < -0.3 is 4.90 Å². The van der Waals surface area contributed by atoms with Crippen LogP contribution in [0.2, 0.25) is 15.1 Å². The lowest BCUT2D eigenvalue weighted by molar-refractivity contribution is 0.627. The van der Waals surface area contributed by atoms with Gasteiger partial charge in [-0.3, -0.25) is 4.99 Å². The molecule has 0 bridgehead atoms. The monoisotopic (exact) mass is 576 g/mol. The molecule has 0 spiro atoms. The Morgan fingerprint density at radius 1 is 0.971 bits per heavy atom. The molecule has 0 aromatic heterocycles. The van der Waals surface area contributed by atoms with Gasteiger partial charge in [0.15, 0.2) is 0 Å². The lowest BCUT2D eigenvalue weighted by Gasteiger charge is -2.19. The Labute approximate surface area is 231 Å². The van der Waals surface area contributed by atoms with Gasteiger partial charge in [-0.15, -0.1) is 36.6 Å². The van der Waals surface area contributed by atoms with Gasteiger partial charge in [0.05, 0.1) is 27.3 Å². The lowest BCUT2D eigenvalue weighted by Crippen LogP contribution is -2.20. The summed E-state index contributed by atoms with van der Waals surface area (Å²) in [6.07, 6.45) is 3.99. The molecule has 0 saturated heterocycles. The molecular weight excluding hydrogens is 557 g/mol. The summed E-state index contributed by atoms with van der Waals surface area (Å²) in [5.41, 5.74) is 4.63. The van der Waals surface area contributed by atoms with Crippen LogP contribution in [0, 0.1) is 5.82 Å². The zero-order valence-corrected chi connectivity index (χ0v) is 22.8. The van der Waals surface area contributed by atoms with E-state index >= 15 is 0 Å². The minimum absolute atomic E-state index is 0. The highest BCUT2D eigenvalue weighted by atomic mass is 35.5. The first kappa shape index (κ1) is 28.8. The number of likely N-dealkylation sites (N-methyl/N-ethyl adjacent to an activating group) is 1. The van der Waals surface area contributed by atoms with Gasteiger partial charge in [0, 0.05) is 35.5 Å². The third-order valence-electron chi connectivity index (χ3n) is 5.15. The Bertz CT molecular complexity index is 1220. The highest BCUT2D eigenvalue weighted by Crippen LogP contribution is 2.35. The second-order valence-electron chi connectivity index (χ2n) is 7.38. The van der Waals surface area contributed by atoms with Crippen molar-refractivity contribution in [2.45, 2.75) is 10.6 Å². The summed E-state index contributed by atoms with van der Waals surface area (Å²) < 4.78 is 13.8. The summed E-state index contributed by atoms with van der Waals surface area (Å²) in [7, 11) is 1.95. The average molecular weight is 579 g/mol. The van der Waals surface area contributed by atoms with E-state index in [0.717, 1.165) is 39.5 Å². The van der Waals surface area contributed by atoms with Crippen molar-refractivity contribution >= 4 is 88.9 Å². The molecule has 3 aromatic carbocycles. The fourth-order valence-electron chi connectivity index (χ4n) is 3.47. The number of thioether (sulfide) groups is 1. The molecule has 1 heterocycles. The van der Waals surface area contributed by atoms with E-state index in [0.29, 0.717) is 27.4 Å². The fourth-order valence-corrected chi connectivity index (χ4v) is 5.13. The third kappa shape index (κ3) is 6.84. The van der Waals surface area contributed by atoms with E-state index in [1.54, 1.807) is 30.0 Å². The number of benzene rings is 3. The Hall–Kier alpha value is -1.40. The summed E-state index contributed by atoms with van der Waals surface area (Å²) in [6, 6.07) is 16.3. The van der Waals surface area contributed by atoms with Crippen LogP contribution in [0.15, 0.2) is 70.6 Å². The van der Waals surface area contributed by atoms with Gasteiger partial charge in [0.1, 0.15) is 5.82 Å². The lowest BCUT2D eigenvalue weighted by atomic mass is 10.1. The Kier molecular flexibility index (Phi) is 11.1. The van der Waals surface area contributed by atoms with E-state index in [2.05, 4.69) is 0 Å². The van der Waals surface area contributed by atoms with E-state index in [9.17, 15) is 4.39 Å². The summed E-state index contributed by atoms with van der Waals surface area (Å²) >= 11 is 20.3. The molecule has 0 fully saturated rings. The number of hydrogen-bond donors (Lipinski definition) is 0. The van der Waals surface area contributed by atoms with Crippen LogP contribution in [-0.4, -0.2) is 25.8 Å². The van der Waals surface area contributed by atoms with Crippen LogP contribution in [0.3, 0.4) is 0 Å². The topological polar surface area (TPSA) is 15.6 Å². The molecule has 2 nitrogen and oxygen atoms in total. The molecule has 9 heteroatoms. The fraction of sp³-hybridized carbons (Fsp3) is 0.160. The van der Waals surface area contributed by atoms with E-state index in [1.807, 2.05) is 54.4 Å². The zero-order valence-electron chi connectivity index (χ0n) is 18.1. The van der Waals surface area contributed by atoms with Crippen molar-refractivity contribution in [1.29, 1.82) is 0 Å². The molecule has 4 rings (SSSR count). The zero-order chi connectivity index (χ0) is 22.7. The van der Waals surface area contributed by atoms with Crippen LogP contribution in [0.25, 0.3) is 6.08 Å². The van der Waals surface area contributed by atoms with Gasteiger partial charge in [-0.25, -0.2) is 4.39 Å². The molecule has 0 amide bonds. The summed E-state index contributed by atoms with van der Waals surface area (Å²) in [6.45, 7) is 1.37. The van der Waals surface area contributed by atoms with E-state index in [1.165, 1.54) is 6.07 Å². The van der Waals surface area contributed by atoms with Gasteiger partial charge in [0.2, 0.25) is 0 Å². The van der Waals surface area contributed by atoms with Gasteiger partial charge in [-0.1, -0.05) is 59.1 Å². The second-order valence-corrected chi connectivity index (χ2v) is 9.59. The number of rotatable bonds is 5. The summed E-state index contributed by atoms with van der Waals surface area (Å²) in [4.78, 5) is 7.72. The maximum Gasteiger partial charge on any atom is 0.125 e. The molecule has 0 atom stereocenters. The standard InChI is InChI=1S/C25H20Cl3FN2S.2ClH/c1-31-12-11-30-23(19-8-7-18(29)14-24(19)31)10-6-17-3-2-4-21(27)25(17)32-15-16-5-9-20(26)22(28)13-16;;/h2-10,13-14H,11-12,15H2,1H3;2*1H. The maximum atomic E-state index is 13.8. The van der Waals surface area contributed by atoms with Crippen LogP contribution in [-0.2, 0) is 5.75 Å². The smallest absolute Gasteiger partial charge is 0.125 e. The quantitative estimate of drug-likeness (QED) is 0.281. The van der Waals surface area contributed by atoms with E-state index in [4.69, 9.17) is 39.8 Å². The molecule has 0 N–H and O–H groups in total. The minimum atomic E-state index is -0.253. The Morgan fingerprint density at radius 2 is 1.76 bits per heavy atom. The van der Waals surface area contributed by atoms with Crippen molar-refractivity contribution in [3.63, 3.8) is 0 Å². The van der Waals surface area contributed by atoms with Gasteiger partial charge in [-0.05, 0) is 53.6 Å². The number of aliphatic imine (C=N–C) groups is 1. The predicted molar refractivity (Wildman–Crippen MR) is 152 cm³/mol. The van der Waals surface area contributed by atoms with Crippen molar-refractivity contribution in [1.82, 2.24) is 0 Å². The highest BCUT2D eigenvalue weighted by molar-refractivity contribution is 7.98. The summed E-state index contributed by atoms with van der Waals surface area (Å²) in [5.74, 6) is 0.451. The number of hydrogen-bond acceptors (Lipinski definition) is 3. The number of benzodiazepines with no additional fused rings is 1. The Morgan fingerprint density at radius 3 is 2.53 bits per heavy atom. The van der Waals surface area contributed by atoms with Crippen molar-refractivity contribution in [3.8, 4) is 0 Å². The first-order chi connectivity index (χ1) is 15.4. The first-order valence-electron chi connectivity index (χ1n) is 10.0. The molecule has 3 aromatic rings. The molecule has 0 aliphatic carbocycles. The predicted octanol–water partition coefficient (Wildman–Crippen LogP) is 8.87. The van der Waals surface area contributed by atoms with Crippen molar-refractivity contribution in [2.75, 3.05) is 25.0 Å². The maximum absolute atomic E-state index is 13.8. The SMILES string of the molecule is CN1CCN=C(C=Cc2cccc(Cl)c2SCc2ccc(Cl)c(Cl)c2)c2ccc(F)cc21.Cl.Cl. The minimum Gasteiger partial charge on any atom is -0.372 e. The van der Waals surface area contributed by atoms with Crippen LogP contribution >= 0.6 is 71.4 Å². The van der Waals surface area contributed by atoms with E-state index in [-0.39, 0.29) is 30.6 Å². The number of fused-ring (bicyclic) bond motifs is 1. The molecule has 0 radical (unpaired) electrons. The summed E-state index contributed by atoms with van der Waals surface area (Å²) in [5, 5.41) is 1.76. The van der Waals surface area contributed by atoms with Crippen LogP contribution < -0.4 is 4.90 Å². The Balaban J connectivity index is 0.00000204. The highest BCUT2D eigenvalue weighted by Gasteiger charge is 2.16. The van der Waals surface area contributed by atoms with Crippen LogP contribution in [0.5, 0.6) is 0 Å². The van der Waals surface area contributed by atoms with Gasteiger partial charge >= 0.3 is 0 Å².